The predicted octanol–water partition coefficient (Wildman–Crippen LogP) is 4.70. The number of amides is 1. The third kappa shape index (κ3) is 4.43. The zero-order valence-electron chi connectivity index (χ0n) is 13.4. The molecule has 0 saturated heterocycles. The number of carbonyl (C=O) groups excluding carboxylic acids is 1. The van der Waals surface area contributed by atoms with E-state index in [0.29, 0.717) is 10.7 Å². The van der Waals surface area contributed by atoms with Crippen LogP contribution < -0.4 is 5.32 Å². The van der Waals surface area contributed by atoms with Crippen LogP contribution in [0.1, 0.15) is 26.5 Å². The van der Waals surface area contributed by atoms with E-state index in [1.165, 1.54) is 21.8 Å². The Balaban J connectivity index is 1.58. The molecule has 0 aliphatic heterocycles. The fourth-order valence-electron chi connectivity index (χ4n) is 2.02. The van der Waals surface area contributed by atoms with Crippen LogP contribution in [0, 0.1) is 13.8 Å². The van der Waals surface area contributed by atoms with Crippen LogP contribution in [0.25, 0.3) is 0 Å². The lowest BCUT2D eigenvalue weighted by Crippen LogP contribution is -2.11. The Morgan fingerprint density at radius 1 is 1.00 bits per heavy atom. The van der Waals surface area contributed by atoms with Crippen molar-refractivity contribution in [3.8, 4) is 0 Å². The molecule has 0 saturated carbocycles. The van der Waals surface area contributed by atoms with Crippen molar-refractivity contribution in [1.29, 1.82) is 0 Å². The van der Waals surface area contributed by atoms with E-state index >= 15 is 0 Å². The summed E-state index contributed by atoms with van der Waals surface area (Å²) in [5, 5.41) is 12.4. The molecule has 122 valence electrons. The summed E-state index contributed by atoms with van der Waals surface area (Å²) in [6, 6.07) is 15.8. The summed E-state index contributed by atoms with van der Waals surface area (Å²) in [5.74, 6) is 0.574. The van der Waals surface area contributed by atoms with Crippen LogP contribution in [0.15, 0.2) is 53.4 Å². The van der Waals surface area contributed by atoms with Gasteiger partial charge in [-0.2, -0.15) is 0 Å². The molecule has 3 aromatic rings. The zero-order chi connectivity index (χ0) is 16.9. The number of anilines is 1. The van der Waals surface area contributed by atoms with Gasteiger partial charge < -0.3 is 0 Å². The molecule has 4 nitrogen and oxygen atoms in total. The summed E-state index contributed by atoms with van der Waals surface area (Å²) in [5.41, 5.74) is 2.99. The summed E-state index contributed by atoms with van der Waals surface area (Å²) < 4.78 is 0. The standard InChI is InChI=1S/C18H17N3OS2/c1-12-3-7-14(8-4-12)17(22)19-18-21-20-16(24-18)11-23-15-9-5-13(2)6-10-15/h3-10H,11H2,1-2H3,(H,19,21,22). The van der Waals surface area contributed by atoms with Crippen molar-refractivity contribution in [3.05, 3.63) is 70.2 Å². The van der Waals surface area contributed by atoms with Gasteiger partial charge in [0, 0.05) is 10.5 Å². The normalized spacial score (nSPS) is 10.6. The Labute approximate surface area is 149 Å². The minimum absolute atomic E-state index is 0.163. The van der Waals surface area contributed by atoms with Crippen LogP contribution in [0.2, 0.25) is 0 Å². The molecule has 0 aliphatic carbocycles. The molecule has 1 heterocycles. The van der Waals surface area contributed by atoms with Gasteiger partial charge in [-0.15, -0.1) is 22.0 Å². The molecule has 2 aromatic carbocycles. The molecule has 0 bridgehead atoms. The van der Waals surface area contributed by atoms with Crippen LogP contribution in [0.3, 0.4) is 0 Å². The minimum atomic E-state index is -0.163. The van der Waals surface area contributed by atoms with Gasteiger partial charge in [-0.25, -0.2) is 0 Å². The highest BCUT2D eigenvalue weighted by molar-refractivity contribution is 7.98. The zero-order valence-corrected chi connectivity index (χ0v) is 15.1. The summed E-state index contributed by atoms with van der Waals surface area (Å²) in [7, 11) is 0. The average molecular weight is 355 g/mol. The van der Waals surface area contributed by atoms with E-state index in [4.69, 9.17) is 0 Å². The molecular formula is C18H17N3OS2. The van der Waals surface area contributed by atoms with Crippen molar-refractivity contribution in [3.63, 3.8) is 0 Å². The number of nitrogens with one attached hydrogen (secondary N) is 1. The second-order valence-electron chi connectivity index (χ2n) is 5.42. The van der Waals surface area contributed by atoms with E-state index in [-0.39, 0.29) is 5.91 Å². The Morgan fingerprint density at radius 3 is 2.29 bits per heavy atom. The molecule has 0 spiro atoms. The van der Waals surface area contributed by atoms with E-state index in [0.717, 1.165) is 16.3 Å². The minimum Gasteiger partial charge on any atom is -0.296 e. The number of rotatable bonds is 5. The molecule has 24 heavy (non-hydrogen) atoms. The van der Waals surface area contributed by atoms with Crippen molar-refractivity contribution >= 4 is 34.1 Å². The molecule has 6 heteroatoms. The Kier molecular flexibility index (Phi) is 5.27. The number of hydrogen-bond donors (Lipinski definition) is 1. The van der Waals surface area contributed by atoms with E-state index in [2.05, 4.69) is 46.7 Å². The number of aromatic nitrogens is 2. The molecule has 0 fully saturated rings. The average Bonchev–Trinajstić information content (AvgIpc) is 3.02. The van der Waals surface area contributed by atoms with Gasteiger partial charge in [-0.1, -0.05) is 46.7 Å². The quantitative estimate of drug-likeness (QED) is 0.674. The summed E-state index contributed by atoms with van der Waals surface area (Å²) >= 11 is 3.11. The maximum absolute atomic E-state index is 12.2. The number of aryl methyl sites for hydroxylation is 2. The third-order valence-electron chi connectivity index (χ3n) is 3.38. The first-order valence-corrected chi connectivity index (χ1v) is 9.30. The van der Waals surface area contributed by atoms with Crippen LogP contribution >= 0.6 is 23.1 Å². The van der Waals surface area contributed by atoms with Gasteiger partial charge in [0.1, 0.15) is 5.01 Å². The molecule has 1 N–H and O–H groups in total. The second-order valence-corrected chi connectivity index (χ2v) is 7.53. The Morgan fingerprint density at radius 2 is 1.62 bits per heavy atom. The number of carbonyl (C=O) groups is 1. The summed E-state index contributed by atoms with van der Waals surface area (Å²) in [4.78, 5) is 13.4. The van der Waals surface area contributed by atoms with Crippen LogP contribution in [0.5, 0.6) is 0 Å². The molecule has 0 atom stereocenters. The van der Waals surface area contributed by atoms with Gasteiger partial charge >= 0.3 is 0 Å². The Hall–Kier alpha value is -2.18. The predicted molar refractivity (Wildman–Crippen MR) is 99.8 cm³/mol. The molecule has 0 radical (unpaired) electrons. The van der Waals surface area contributed by atoms with Crippen LogP contribution in [0.4, 0.5) is 5.13 Å². The molecule has 1 aromatic heterocycles. The highest BCUT2D eigenvalue weighted by Gasteiger charge is 2.10. The SMILES string of the molecule is Cc1ccc(SCc2nnc(NC(=O)c3ccc(C)cc3)s2)cc1. The summed E-state index contributed by atoms with van der Waals surface area (Å²) in [6.07, 6.45) is 0. The first kappa shape index (κ1) is 16.7. The van der Waals surface area contributed by atoms with Gasteiger partial charge in [0.25, 0.3) is 5.91 Å². The van der Waals surface area contributed by atoms with Crippen molar-refractivity contribution in [2.24, 2.45) is 0 Å². The second kappa shape index (κ2) is 7.59. The Bertz CT molecular complexity index is 826. The molecule has 3 rings (SSSR count). The fourth-order valence-corrected chi connectivity index (χ4v) is 3.64. The van der Waals surface area contributed by atoms with Crippen molar-refractivity contribution < 1.29 is 4.79 Å². The maximum atomic E-state index is 12.2. The first-order chi connectivity index (χ1) is 11.6. The third-order valence-corrected chi connectivity index (χ3v) is 5.43. The summed E-state index contributed by atoms with van der Waals surface area (Å²) in [6.45, 7) is 4.06. The van der Waals surface area contributed by atoms with Gasteiger partial charge in [0.15, 0.2) is 0 Å². The van der Waals surface area contributed by atoms with E-state index in [9.17, 15) is 4.79 Å². The largest absolute Gasteiger partial charge is 0.296 e. The van der Waals surface area contributed by atoms with Gasteiger partial charge in [-0.05, 0) is 38.1 Å². The van der Waals surface area contributed by atoms with E-state index < -0.39 is 0 Å². The number of thioether (sulfide) groups is 1. The van der Waals surface area contributed by atoms with E-state index in [1.807, 2.05) is 19.1 Å². The topological polar surface area (TPSA) is 54.9 Å². The van der Waals surface area contributed by atoms with Gasteiger partial charge in [-0.3, -0.25) is 10.1 Å². The molecule has 0 aliphatic rings. The molecule has 0 unspecified atom stereocenters. The van der Waals surface area contributed by atoms with Crippen molar-refractivity contribution in [2.75, 3.05) is 5.32 Å². The van der Waals surface area contributed by atoms with Gasteiger partial charge in [0.05, 0.1) is 5.75 Å². The monoisotopic (exact) mass is 355 g/mol. The first-order valence-electron chi connectivity index (χ1n) is 7.50. The van der Waals surface area contributed by atoms with Crippen molar-refractivity contribution in [1.82, 2.24) is 10.2 Å². The van der Waals surface area contributed by atoms with Gasteiger partial charge in [0.2, 0.25) is 5.13 Å². The lowest BCUT2D eigenvalue weighted by atomic mass is 10.1. The highest BCUT2D eigenvalue weighted by atomic mass is 32.2. The fraction of sp³-hybridized carbons (Fsp3) is 0.167. The van der Waals surface area contributed by atoms with Crippen LogP contribution in [-0.4, -0.2) is 16.1 Å². The smallest absolute Gasteiger partial charge is 0.257 e. The van der Waals surface area contributed by atoms with Crippen LogP contribution in [-0.2, 0) is 5.75 Å². The number of hydrogen-bond acceptors (Lipinski definition) is 5. The molecular weight excluding hydrogens is 338 g/mol. The number of nitrogens with zero attached hydrogens (tertiary/aromatic N) is 2. The maximum Gasteiger partial charge on any atom is 0.257 e. The molecule has 1 amide bonds. The van der Waals surface area contributed by atoms with E-state index in [1.54, 1.807) is 23.9 Å². The highest BCUT2D eigenvalue weighted by Crippen LogP contribution is 2.26. The lowest BCUT2D eigenvalue weighted by Gasteiger charge is -2.01. The lowest BCUT2D eigenvalue weighted by molar-refractivity contribution is 0.102. The number of benzene rings is 2. The van der Waals surface area contributed by atoms with Crippen molar-refractivity contribution in [2.45, 2.75) is 24.5 Å².